The van der Waals surface area contributed by atoms with Crippen molar-refractivity contribution in [2.75, 3.05) is 0 Å². The van der Waals surface area contributed by atoms with Gasteiger partial charge in [-0.2, -0.15) is 0 Å². The first-order chi connectivity index (χ1) is 6.66. The fourth-order valence-electron chi connectivity index (χ4n) is 0.978. The average Bonchev–Trinajstić information content (AvgIpc) is 2.70. The van der Waals surface area contributed by atoms with Crippen LogP contribution in [0.2, 0.25) is 0 Å². The summed E-state index contributed by atoms with van der Waals surface area (Å²) in [6.07, 6.45) is 0. The maximum absolute atomic E-state index is 10.5. The molecule has 0 unspecified atom stereocenters. The molecule has 2 aromatic rings. The number of thiazole rings is 1. The van der Waals surface area contributed by atoms with Gasteiger partial charge in [0.15, 0.2) is 0 Å². The second-order valence-corrected chi connectivity index (χ2v) is 3.70. The second-order valence-electron chi connectivity index (χ2n) is 2.63. The molecule has 1 N–H and O–H groups in total. The summed E-state index contributed by atoms with van der Waals surface area (Å²) in [5.74, 6) is -1.30. The molecule has 6 heteroatoms. The number of carboxylic acids is 1. The third kappa shape index (κ3) is 1.51. The number of aromatic nitrogens is 2. The molecule has 0 atom stereocenters. The molecule has 0 bridgehead atoms. The summed E-state index contributed by atoms with van der Waals surface area (Å²) in [5.41, 5.74) is 1.09. The Balaban J connectivity index is 2.38. The van der Waals surface area contributed by atoms with E-state index in [1.165, 1.54) is 17.4 Å². The summed E-state index contributed by atoms with van der Waals surface area (Å²) in [7, 11) is 0. The van der Waals surface area contributed by atoms with E-state index in [0.717, 1.165) is 5.01 Å². The molecule has 0 aliphatic rings. The highest BCUT2D eigenvalue weighted by Crippen LogP contribution is 2.20. The van der Waals surface area contributed by atoms with Crippen molar-refractivity contribution in [1.29, 1.82) is 0 Å². The number of hydrogen-bond donors (Lipinski definition) is 1. The smallest absolute Gasteiger partial charge is 0.374 e. The lowest BCUT2D eigenvalue weighted by atomic mass is 10.3. The minimum atomic E-state index is -1.13. The predicted octanol–water partition coefficient (Wildman–Crippen LogP) is 1.80. The van der Waals surface area contributed by atoms with E-state index in [1.54, 1.807) is 5.38 Å². The van der Waals surface area contributed by atoms with Gasteiger partial charge in [-0.15, -0.1) is 11.3 Å². The zero-order valence-corrected chi connectivity index (χ0v) is 8.04. The van der Waals surface area contributed by atoms with E-state index in [0.29, 0.717) is 11.4 Å². The lowest BCUT2D eigenvalue weighted by Crippen LogP contribution is -1.91. The van der Waals surface area contributed by atoms with Crippen molar-refractivity contribution in [1.82, 2.24) is 10.1 Å². The summed E-state index contributed by atoms with van der Waals surface area (Å²) < 4.78 is 4.60. The first-order valence-electron chi connectivity index (χ1n) is 3.79. The molecule has 2 heterocycles. The highest BCUT2D eigenvalue weighted by atomic mass is 32.1. The van der Waals surface area contributed by atoms with Crippen molar-refractivity contribution in [2.45, 2.75) is 6.92 Å². The van der Waals surface area contributed by atoms with Crippen LogP contribution < -0.4 is 0 Å². The molecule has 2 rings (SSSR count). The molecule has 0 radical (unpaired) electrons. The molecular weight excluding hydrogens is 204 g/mol. The Labute approximate surface area is 83.0 Å². The van der Waals surface area contributed by atoms with Crippen molar-refractivity contribution >= 4 is 17.3 Å². The van der Waals surface area contributed by atoms with Crippen LogP contribution >= 0.6 is 11.3 Å². The Hall–Kier alpha value is -1.69. The number of aromatic carboxylic acids is 1. The summed E-state index contributed by atoms with van der Waals surface area (Å²) >= 11 is 1.48. The Kier molecular flexibility index (Phi) is 2.05. The highest BCUT2D eigenvalue weighted by Gasteiger charge is 2.13. The quantitative estimate of drug-likeness (QED) is 0.817. The molecule has 0 aromatic carbocycles. The predicted molar refractivity (Wildman–Crippen MR) is 49.3 cm³/mol. The second kappa shape index (κ2) is 3.22. The van der Waals surface area contributed by atoms with Gasteiger partial charge < -0.3 is 9.63 Å². The van der Waals surface area contributed by atoms with E-state index in [-0.39, 0.29) is 5.76 Å². The number of carbonyl (C=O) groups is 1. The van der Waals surface area contributed by atoms with E-state index >= 15 is 0 Å². The van der Waals surface area contributed by atoms with Crippen LogP contribution in [0.15, 0.2) is 16.0 Å². The largest absolute Gasteiger partial charge is 0.475 e. The first-order valence-corrected chi connectivity index (χ1v) is 4.67. The zero-order chi connectivity index (χ0) is 10.1. The third-order valence-electron chi connectivity index (χ3n) is 1.60. The van der Waals surface area contributed by atoms with Crippen LogP contribution in [0.3, 0.4) is 0 Å². The minimum Gasteiger partial charge on any atom is -0.475 e. The van der Waals surface area contributed by atoms with Gasteiger partial charge in [0.1, 0.15) is 11.4 Å². The molecular formula is C8H6N2O3S. The Bertz CT molecular complexity index is 474. The van der Waals surface area contributed by atoms with Gasteiger partial charge in [-0.05, 0) is 6.92 Å². The zero-order valence-electron chi connectivity index (χ0n) is 7.22. The molecule has 2 aromatic heterocycles. The van der Waals surface area contributed by atoms with Crippen molar-refractivity contribution < 1.29 is 14.4 Å². The van der Waals surface area contributed by atoms with Gasteiger partial charge in [0.2, 0.25) is 5.76 Å². The third-order valence-corrected chi connectivity index (χ3v) is 2.38. The van der Waals surface area contributed by atoms with Crippen LogP contribution in [-0.2, 0) is 0 Å². The van der Waals surface area contributed by atoms with Gasteiger partial charge in [-0.1, -0.05) is 5.16 Å². The van der Waals surface area contributed by atoms with Crippen molar-refractivity contribution in [3.8, 4) is 11.4 Å². The molecule has 0 saturated heterocycles. The van der Waals surface area contributed by atoms with Gasteiger partial charge in [-0.3, -0.25) is 0 Å². The monoisotopic (exact) mass is 210 g/mol. The van der Waals surface area contributed by atoms with E-state index in [2.05, 4.69) is 14.7 Å². The first kappa shape index (κ1) is 8.89. The molecule has 72 valence electrons. The van der Waals surface area contributed by atoms with Crippen LogP contribution in [0.1, 0.15) is 15.6 Å². The molecule has 0 aliphatic heterocycles. The minimum absolute atomic E-state index is 0.175. The number of carboxylic acid groups (broad SMARTS) is 1. The standard InChI is InChI=1S/C8H6N2O3S/c1-4-9-6(3-14-4)5-2-7(8(11)12)13-10-5/h2-3H,1H3,(H,11,12). The molecule has 0 fully saturated rings. The average molecular weight is 210 g/mol. The lowest BCUT2D eigenvalue weighted by Gasteiger charge is -1.82. The van der Waals surface area contributed by atoms with Gasteiger partial charge in [-0.25, -0.2) is 9.78 Å². The Morgan fingerprint density at radius 3 is 2.86 bits per heavy atom. The van der Waals surface area contributed by atoms with Crippen LogP contribution in [0.4, 0.5) is 0 Å². The van der Waals surface area contributed by atoms with Crippen molar-refractivity contribution in [3.05, 3.63) is 22.2 Å². The molecule has 0 saturated carbocycles. The van der Waals surface area contributed by atoms with Crippen LogP contribution in [-0.4, -0.2) is 21.2 Å². The number of nitrogens with zero attached hydrogens (tertiary/aromatic N) is 2. The van der Waals surface area contributed by atoms with Gasteiger partial charge in [0.05, 0.1) is 5.01 Å². The number of hydrogen-bond acceptors (Lipinski definition) is 5. The molecule has 5 nitrogen and oxygen atoms in total. The lowest BCUT2D eigenvalue weighted by molar-refractivity contribution is 0.0652. The summed E-state index contributed by atoms with van der Waals surface area (Å²) in [6.45, 7) is 1.87. The Morgan fingerprint density at radius 1 is 1.57 bits per heavy atom. The summed E-state index contributed by atoms with van der Waals surface area (Å²) in [6, 6.07) is 1.36. The molecule has 14 heavy (non-hydrogen) atoms. The van der Waals surface area contributed by atoms with Gasteiger partial charge in [0, 0.05) is 11.4 Å². The summed E-state index contributed by atoms with van der Waals surface area (Å²) in [4.78, 5) is 14.7. The summed E-state index contributed by atoms with van der Waals surface area (Å²) in [5, 5.41) is 14.9. The van der Waals surface area contributed by atoms with E-state index in [9.17, 15) is 4.79 Å². The fraction of sp³-hybridized carbons (Fsp3) is 0.125. The normalized spacial score (nSPS) is 10.4. The SMILES string of the molecule is Cc1nc(-c2cc(C(=O)O)on2)cs1. The molecule has 0 aliphatic carbocycles. The van der Waals surface area contributed by atoms with E-state index in [1.807, 2.05) is 6.92 Å². The number of rotatable bonds is 2. The van der Waals surface area contributed by atoms with E-state index in [4.69, 9.17) is 5.11 Å². The van der Waals surface area contributed by atoms with Gasteiger partial charge in [0.25, 0.3) is 0 Å². The fourth-order valence-corrected chi connectivity index (χ4v) is 1.58. The maximum atomic E-state index is 10.5. The van der Waals surface area contributed by atoms with E-state index < -0.39 is 5.97 Å². The Morgan fingerprint density at radius 2 is 2.36 bits per heavy atom. The number of aryl methyl sites for hydroxylation is 1. The van der Waals surface area contributed by atoms with Crippen LogP contribution in [0.5, 0.6) is 0 Å². The molecule has 0 amide bonds. The van der Waals surface area contributed by atoms with Gasteiger partial charge >= 0.3 is 5.97 Å². The topological polar surface area (TPSA) is 76.2 Å². The van der Waals surface area contributed by atoms with Crippen molar-refractivity contribution in [2.24, 2.45) is 0 Å². The van der Waals surface area contributed by atoms with Crippen LogP contribution in [0, 0.1) is 6.92 Å². The maximum Gasteiger partial charge on any atom is 0.374 e. The van der Waals surface area contributed by atoms with Crippen molar-refractivity contribution in [3.63, 3.8) is 0 Å². The van der Waals surface area contributed by atoms with Crippen LogP contribution in [0.25, 0.3) is 11.4 Å². The molecule has 0 spiro atoms. The highest BCUT2D eigenvalue weighted by molar-refractivity contribution is 7.09.